The topological polar surface area (TPSA) is 54.0 Å². The van der Waals surface area contributed by atoms with Gasteiger partial charge in [0.1, 0.15) is 0 Å². The summed E-state index contributed by atoms with van der Waals surface area (Å²) in [5.74, 6) is 0. The van der Waals surface area contributed by atoms with Crippen LogP contribution in [0.1, 0.15) is 13.8 Å². The number of carbonyl (C=O) groups is 1. The smallest absolute Gasteiger partial charge is 0.405 e. The first-order valence-corrected chi connectivity index (χ1v) is 3.53. The molecular formula is C7H14O5. The van der Waals surface area contributed by atoms with Crippen molar-refractivity contribution in [3.63, 3.8) is 0 Å². The van der Waals surface area contributed by atoms with E-state index in [1.54, 1.807) is 13.8 Å². The number of carbonyl (C=O) groups excluding carboxylic acids is 1. The number of methoxy groups -OCH3 is 2. The maximum Gasteiger partial charge on any atom is 0.512 e. The third kappa shape index (κ3) is 4.92. The van der Waals surface area contributed by atoms with Gasteiger partial charge in [0.05, 0.1) is 0 Å². The molecule has 0 radical (unpaired) electrons. The van der Waals surface area contributed by atoms with Crippen molar-refractivity contribution in [3.05, 3.63) is 0 Å². The van der Waals surface area contributed by atoms with Gasteiger partial charge >= 0.3 is 6.16 Å². The molecule has 2 unspecified atom stereocenters. The lowest BCUT2D eigenvalue weighted by Crippen LogP contribution is -2.22. The summed E-state index contributed by atoms with van der Waals surface area (Å²) in [6.07, 6.45) is -2.03. The van der Waals surface area contributed by atoms with Crippen LogP contribution in [0.5, 0.6) is 0 Å². The van der Waals surface area contributed by atoms with E-state index in [0.717, 1.165) is 0 Å². The number of rotatable bonds is 4. The lowest BCUT2D eigenvalue weighted by atomic mass is 10.7. The summed E-state index contributed by atoms with van der Waals surface area (Å²) >= 11 is 0. The molecule has 0 bridgehead atoms. The van der Waals surface area contributed by atoms with E-state index in [9.17, 15) is 4.79 Å². The highest BCUT2D eigenvalue weighted by atomic mass is 16.8. The van der Waals surface area contributed by atoms with Gasteiger partial charge in [-0.1, -0.05) is 0 Å². The van der Waals surface area contributed by atoms with Gasteiger partial charge in [-0.2, -0.15) is 0 Å². The largest absolute Gasteiger partial charge is 0.512 e. The fraction of sp³-hybridized carbons (Fsp3) is 0.857. The zero-order valence-electron chi connectivity index (χ0n) is 7.70. The Morgan fingerprint density at radius 1 is 1.00 bits per heavy atom. The van der Waals surface area contributed by atoms with Gasteiger partial charge in [0.25, 0.3) is 0 Å². The second kappa shape index (κ2) is 5.79. The fourth-order valence-corrected chi connectivity index (χ4v) is 0.395. The van der Waals surface area contributed by atoms with Crippen molar-refractivity contribution in [1.29, 1.82) is 0 Å². The summed E-state index contributed by atoms with van der Waals surface area (Å²) in [5.41, 5.74) is 0. The van der Waals surface area contributed by atoms with Crippen LogP contribution in [-0.4, -0.2) is 33.0 Å². The van der Waals surface area contributed by atoms with Crippen molar-refractivity contribution in [2.24, 2.45) is 0 Å². The molecule has 72 valence electrons. The quantitative estimate of drug-likeness (QED) is 0.477. The predicted octanol–water partition coefficient (Wildman–Crippen LogP) is 1.12. The zero-order valence-corrected chi connectivity index (χ0v) is 7.70. The molecule has 0 heterocycles. The molecule has 0 aliphatic carbocycles. The van der Waals surface area contributed by atoms with E-state index >= 15 is 0 Å². The molecule has 0 fully saturated rings. The van der Waals surface area contributed by atoms with Crippen molar-refractivity contribution >= 4 is 6.16 Å². The van der Waals surface area contributed by atoms with E-state index < -0.39 is 18.7 Å². The number of ether oxygens (including phenoxy) is 4. The lowest BCUT2D eigenvalue weighted by molar-refractivity contribution is -0.134. The molecule has 0 spiro atoms. The molecule has 0 aliphatic heterocycles. The number of hydrogen-bond donors (Lipinski definition) is 0. The minimum Gasteiger partial charge on any atom is -0.405 e. The third-order valence-electron chi connectivity index (χ3n) is 1.19. The lowest BCUT2D eigenvalue weighted by Gasteiger charge is -2.13. The van der Waals surface area contributed by atoms with Gasteiger partial charge in [-0.15, -0.1) is 0 Å². The van der Waals surface area contributed by atoms with Crippen LogP contribution >= 0.6 is 0 Å². The van der Waals surface area contributed by atoms with Gasteiger partial charge in [-0.05, 0) is 13.8 Å². The van der Waals surface area contributed by atoms with Crippen LogP contribution < -0.4 is 0 Å². The highest BCUT2D eigenvalue weighted by Gasteiger charge is 2.12. The number of hydrogen-bond acceptors (Lipinski definition) is 5. The van der Waals surface area contributed by atoms with Crippen molar-refractivity contribution in [2.45, 2.75) is 26.4 Å². The van der Waals surface area contributed by atoms with Crippen LogP contribution in [0.2, 0.25) is 0 Å². The van der Waals surface area contributed by atoms with E-state index in [1.165, 1.54) is 14.2 Å². The van der Waals surface area contributed by atoms with Crippen molar-refractivity contribution in [2.75, 3.05) is 14.2 Å². The Hall–Kier alpha value is -0.810. The Kier molecular flexibility index (Phi) is 5.40. The van der Waals surface area contributed by atoms with Gasteiger partial charge < -0.3 is 18.9 Å². The van der Waals surface area contributed by atoms with Gasteiger partial charge in [0.2, 0.25) is 12.6 Å². The normalized spacial score (nSPS) is 15.0. The second-order valence-corrected chi connectivity index (χ2v) is 2.09. The van der Waals surface area contributed by atoms with E-state index in [-0.39, 0.29) is 0 Å². The predicted molar refractivity (Wildman–Crippen MR) is 40.5 cm³/mol. The van der Waals surface area contributed by atoms with Crippen LogP contribution in [0.25, 0.3) is 0 Å². The van der Waals surface area contributed by atoms with Crippen LogP contribution in [0.15, 0.2) is 0 Å². The Balaban J connectivity index is 3.59. The Morgan fingerprint density at radius 2 is 1.33 bits per heavy atom. The van der Waals surface area contributed by atoms with E-state index in [4.69, 9.17) is 0 Å². The van der Waals surface area contributed by atoms with Crippen molar-refractivity contribution in [3.8, 4) is 0 Å². The molecule has 0 aromatic carbocycles. The Labute approximate surface area is 71.5 Å². The zero-order chi connectivity index (χ0) is 9.56. The molecule has 0 saturated heterocycles. The van der Waals surface area contributed by atoms with Crippen LogP contribution in [0.4, 0.5) is 4.79 Å². The molecule has 0 saturated carbocycles. The summed E-state index contributed by atoms with van der Waals surface area (Å²) in [6.45, 7) is 3.16. The van der Waals surface area contributed by atoms with Gasteiger partial charge in [0, 0.05) is 14.2 Å². The van der Waals surface area contributed by atoms with Crippen LogP contribution in [0.3, 0.4) is 0 Å². The molecule has 0 amide bonds. The van der Waals surface area contributed by atoms with E-state index in [1.807, 2.05) is 0 Å². The molecule has 5 heteroatoms. The highest BCUT2D eigenvalue weighted by Crippen LogP contribution is 1.98. The molecule has 0 aromatic rings. The summed E-state index contributed by atoms with van der Waals surface area (Å²) in [6, 6.07) is 0. The van der Waals surface area contributed by atoms with Crippen molar-refractivity contribution < 1.29 is 23.7 Å². The average molecular weight is 178 g/mol. The molecule has 0 aliphatic rings. The summed E-state index contributed by atoms with van der Waals surface area (Å²) in [4.78, 5) is 10.8. The minimum absolute atomic E-state index is 0.610. The molecule has 2 atom stereocenters. The molecule has 12 heavy (non-hydrogen) atoms. The first-order chi connectivity index (χ1) is 5.60. The fourth-order valence-electron chi connectivity index (χ4n) is 0.395. The summed E-state index contributed by atoms with van der Waals surface area (Å²) < 4.78 is 18.6. The standard InChI is InChI=1S/C7H14O5/c1-5(9-3)11-7(8)12-6(2)10-4/h5-6H,1-4H3. The van der Waals surface area contributed by atoms with Gasteiger partial charge in [-0.3, -0.25) is 0 Å². The van der Waals surface area contributed by atoms with Crippen LogP contribution in [0, 0.1) is 0 Å². The molecule has 5 nitrogen and oxygen atoms in total. The first kappa shape index (κ1) is 11.2. The van der Waals surface area contributed by atoms with Crippen molar-refractivity contribution in [1.82, 2.24) is 0 Å². The minimum atomic E-state index is -0.807. The maximum atomic E-state index is 10.8. The Bertz CT molecular complexity index is 122. The molecular weight excluding hydrogens is 164 g/mol. The highest BCUT2D eigenvalue weighted by molar-refractivity contribution is 5.60. The average Bonchev–Trinajstić information content (AvgIpc) is 2.03. The molecule has 0 N–H and O–H groups in total. The SMILES string of the molecule is COC(C)OC(=O)OC(C)OC. The van der Waals surface area contributed by atoms with Crippen LogP contribution in [-0.2, 0) is 18.9 Å². The second-order valence-electron chi connectivity index (χ2n) is 2.09. The maximum absolute atomic E-state index is 10.8. The van der Waals surface area contributed by atoms with Gasteiger partial charge in [-0.25, -0.2) is 4.79 Å². The van der Waals surface area contributed by atoms with Gasteiger partial charge in [0.15, 0.2) is 0 Å². The van der Waals surface area contributed by atoms with E-state index in [0.29, 0.717) is 0 Å². The molecule has 0 aromatic heterocycles. The first-order valence-electron chi connectivity index (χ1n) is 3.53. The summed E-state index contributed by atoms with van der Waals surface area (Å²) in [5, 5.41) is 0. The van der Waals surface area contributed by atoms with E-state index in [2.05, 4.69) is 18.9 Å². The third-order valence-corrected chi connectivity index (χ3v) is 1.19. The molecule has 0 rings (SSSR count). The summed E-state index contributed by atoms with van der Waals surface area (Å²) in [7, 11) is 2.86. The monoisotopic (exact) mass is 178 g/mol. The Morgan fingerprint density at radius 3 is 1.58 bits per heavy atom.